The number of ether oxygens (including phenoxy) is 3. The lowest BCUT2D eigenvalue weighted by atomic mass is 10.1. The zero-order valence-electron chi connectivity index (χ0n) is 14.9. The molecule has 26 heavy (non-hydrogen) atoms. The summed E-state index contributed by atoms with van der Waals surface area (Å²) in [5.74, 6) is 2.54. The molecule has 0 bridgehead atoms. The minimum absolute atomic E-state index is 0.360. The number of rotatable bonds is 6. The lowest BCUT2D eigenvalue weighted by Gasteiger charge is -2.12. The fraction of sp³-hybridized carbons (Fsp3) is 0.200. The molecule has 0 unspecified atom stereocenters. The molecule has 6 nitrogen and oxygen atoms in total. The van der Waals surface area contributed by atoms with Crippen molar-refractivity contribution < 1.29 is 24.1 Å². The monoisotopic (exact) mass is 355 g/mol. The second-order valence-electron chi connectivity index (χ2n) is 5.15. The van der Waals surface area contributed by atoms with Crippen LogP contribution in [0.15, 0.2) is 48.7 Å². The van der Waals surface area contributed by atoms with Crippen LogP contribution in [0.4, 0.5) is 0 Å². The maximum absolute atomic E-state index is 10.7. The Bertz CT molecular complexity index is 879. The number of aliphatic hydroxyl groups is 1. The van der Waals surface area contributed by atoms with E-state index in [2.05, 4.69) is 4.98 Å². The van der Waals surface area contributed by atoms with Gasteiger partial charge in [0.1, 0.15) is 17.8 Å². The first-order chi connectivity index (χ1) is 12.7. The number of aldehydes is 1. The molecule has 1 heterocycles. The lowest BCUT2D eigenvalue weighted by molar-refractivity contribution is -0.107. The van der Waals surface area contributed by atoms with Crippen LogP contribution in [0.1, 0.15) is 5.56 Å². The Labute approximate surface area is 152 Å². The summed E-state index contributed by atoms with van der Waals surface area (Å²) >= 11 is 0. The fourth-order valence-corrected chi connectivity index (χ4v) is 2.50. The molecule has 6 heteroatoms. The molecule has 2 aromatic carbocycles. The van der Waals surface area contributed by atoms with Crippen molar-refractivity contribution in [2.24, 2.45) is 0 Å². The number of benzene rings is 2. The van der Waals surface area contributed by atoms with Crippen molar-refractivity contribution in [1.82, 2.24) is 4.98 Å². The highest BCUT2D eigenvalue weighted by molar-refractivity contribution is 5.88. The highest BCUT2D eigenvalue weighted by atomic mass is 16.5. The number of fused-ring (bicyclic) bond motifs is 1. The van der Waals surface area contributed by atoms with Crippen LogP contribution < -0.4 is 14.2 Å². The SMILES string of the molecule is CO.COc1cc2nccc(Oc3cccc(CC=O)c3)c2cc1OC. The second-order valence-corrected chi connectivity index (χ2v) is 5.15. The molecular formula is C20H21NO5. The van der Waals surface area contributed by atoms with E-state index in [0.717, 1.165) is 29.9 Å². The maximum Gasteiger partial charge on any atom is 0.162 e. The second kappa shape index (κ2) is 9.39. The Hall–Kier alpha value is -3.12. The zero-order valence-corrected chi connectivity index (χ0v) is 14.9. The van der Waals surface area contributed by atoms with Gasteiger partial charge < -0.3 is 24.1 Å². The smallest absolute Gasteiger partial charge is 0.162 e. The summed E-state index contributed by atoms with van der Waals surface area (Å²) in [6.45, 7) is 0. The van der Waals surface area contributed by atoms with Crippen LogP contribution in [0.3, 0.4) is 0 Å². The highest BCUT2D eigenvalue weighted by Crippen LogP contribution is 2.36. The quantitative estimate of drug-likeness (QED) is 0.683. The highest BCUT2D eigenvalue weighted by Gasteiger charge is 2.11. The van der Waals surface area contributed by atoms with Gasteiger partial charge in [0.05, 0.1) is 19.7 Å². The van der Waals surface area contributed by atoms with E-state index in [4.69, 9.17) is 19.3 Å². The van der Waals surface area contributed by atoms with E-state index in [1.165, 1.54) is 0 Å². The summed E-state index contributed by atoms with van der Waals surface area (Å²) in [6.07, 6.45) is 2.91. The van der Waals surface area contributed by atoms with Crippen LogP contribution in [0.25, 0.3) is 10.9 Å². The van der Waals surface area contributed by atoms with Crippen LogP contribution in [0.2, 0.25) is 0 Å². The number of methoxy groups -OCH3 is 2. The van der Waals surface area contributed by atoms with Gasteiger partial charge in [-0.2, -0.15) is 0 Å². The molecule has 0 fully saturated rings. The largest absolute Gasteiger partial charge is 0.493 e. The van der Waals surface area contributed by atoms with Crippen LogP contribution in [-0.4, -0.2) is 37.7 Å². The molecule has 0 spiro atoms. The van der Waals surface area contributed by atoms with E-state index in [0.29, 0.717) is 29.4 Å². The Kier molecular flexibility index (Phi) is 6.93. The number of hydrogen-bond donors (Lipinski definition) is 1. The van der Waals surface area contributed by atoms with Gasteiger partial charge in [-0.05, 0) is 29.8 Å². The number of carbonyl (C=O) groups is 1. The van der Waals surface area contributed by atoms with Crippen molar-refractivity contribution in [1.29, 1.82) is 0 Å². The Balaban J connectivity index is 0.00000117. The van der Waals surface area contributed by atoms with Crippen molar-refractivity contribution in [2.75, 3.05) is 21.3 Å². The molecular weight excluding hydrogens is 334 g/mol. The minimum Gasteiger partial charge on any atom is -0.493 e. The van der Waals surface area contributed by atoms with Crippen molar-refractivity contribution >= 4 is 17.2 Å². The molecule has 0 saturated heterocycles. The number of pyridine rings is 1. The Morgan fingerprint density at radius 3 is 2.42 bits per heavy atom. The first-order valence-electron chi connectivity index (χ1n) is 7.91. The number of aliphatic hydroxyl groups excluding tert-OH is 1. The molecule has 3 rings (SSSR count). The summed E-state index contributed by atoms with van der Waals surface area (Å²) in [4.78, 5) is 15.0. The van der Waals surface area contributed by atoms with E-state index in [1.807, 2.05) is 36.4 Å². The maximum atomic E-state index is 10.7. The van der Waals surface area contributed by atoms with Gasteiger partial charge in [0.25, 0.3) is 0 Å². The summed E-state index contributed by atoms with van der Waals surface area (Å²) in [7, 11) is 4.17. The van der Waals surface area contributed by atoms with E-state index in [9.17, 15) is 4.79 Å². The third-order valence-electron chi connectivity index (χ3n) is 3.65. The predicted octanol–water partition coefficient (Wildman–Crippen LogP) is 3.39. The fourth-order valence-electron chi connectivity index (χ4n) is 2.50. The van der Waals surface area contributed by atoms with Crippen molar-refractivity contribution in [3.05, 3.63) is 54.2 Å². The topological polar surface area (TPSA) is 77.9 Å². The summed E-state index contributed by atoms with van der Waals surface area (Å²) in [5.41, 5.74) is 1.65. The average molecular weight is 355 g/mol. The van der Waals surface area contributed by atoms with E-state index < -0.39 is 0 Å². The molecule has 3 aromatic rings. The van der Waals surface area contributed by atoms with Crippen molar-refractivity contribution in [2.45, 2.75) is 6.42 Å². The number of aromatic nitrogens is 1. The van der Waals surface area contributed by atoms with Crippen LogP contribution in [0, 0.1) is 0 Å². The van der Waals surface area contributed by atoms with Crippen LogP contribution in [0.5, 0.6) is 23.0 Å². The molecule has 0 radical (unpaired) electrons. The number of carbonyl (C=O) groups excluding carboxylic acids is 1. The van der Waals surface area contributed by atoms with Gasteiger partial charge in [0, 0.05) is 31.2 Å². The molecule has 0 aliphatic heterocycles. The standard InChI is InChI=1S/C19H17NO4.CH4O/c1-22-18-11-15-16(12-19(18)23-2)20-8-6-17(15)24-14-5-3-4-13(10-14)7-9-21;1-2/h3-6,8-12H,7H2,1-2H3;2H,1H3. The molecule has 136 valence electrons. The predicted molar refractivity (Wildman–Crippen MR) is 99.3 cm³/mol. The molecule has 0 saturated carbocycles. The van der Waals surface area contributed by atoms with Crippen molar-refractivity contribution in [3.8, 4) is 23.0 Å². The van der Waals surface area contributed by atoms with Gasteiger partial charge in [-0.1, -0.05) is 12.1 Å². The Morgan fingerprint density at radius 1 is 1.00 bits per heavy atom. The summed E-state index contributed by atoms with van der Waals surface area (Å²) in [6, 6.07) is 12.9. The third-order valence-corrected chi connectivity index (χ3v) is 3.65. The van der Waals surface area contributed by atoms with E-state index in [-0.39, 0.29) is 0 Å². The average Bonchev–Trinajstić information content (AvgIpc) is 2.69. The molecule has 1 N–H and O–H groups in total. The third kappa shape index (κ3) is 4.29. The number of hydrogen-bond acceptors (Lipinski definition) is 6. The van der Waals surface area contributed by atoms with Gasteiger partial charge in [0.2, 0.25) is 0 Å². The molecule has 0 atom stereocenters. The molecule has 0 aliphatic carbocycles. The van der Waals surface area contributed by atoms with Gasteiger partial charge in [-0.25, -0.2) is 0 Å². The van der Waals surface area contributed by atoms with Crippen molar-refractivity contribution in [3.63, 3.8) is 0 Å². The Morgan fingerprint density at radius 2 is 1.73 bits per heavy atom. The summed E-state index contributed by atoms with van der Waals surface area (Å²) < 4.78 is 16.7. The van der Waals surface area contributed by atoms with Crippen LogP contribution in [-0.2, 0) is 11.2 Å². The normalized spacial score (nSPS) is 9.85. The van der Waals surface area contributed by atoms with E-state index in [1.54, 1.807) is 26.5 Å². The number of nitrogens with zero attached hydrogens (tertiary/aromatic N) is 1. The van der Waals surface area contributed by atoms with Gasteiger partial charge >= 0.3 is 0 Å². The van der Waals surface area contributed by atoms with Gasteiger partial charge in [0.15, 0.2) is 11.5 Å². The molecule has 1 aromatic heterocycles. The van der Waals surface area contributed by atoms with Gasteiger partial charge in [-0.15, -0.1) is 0 Å². The minimum atomic E-state index is 0.360. The van der Waals surface area contributed by atoms with E-state index >= 15 is 0 Å². The molecule has 0 aliphatic rings. The first kappa shape index (κ1) is 19.2. The first-order valence-corrected chi connectivity index (χ1v) is 7.91. The molecule has 0 amide bonds. The lowest BCUT2D eigenvalue weighted by Crippen LogP contribution is -1.94. The van der Waals surface area contributed by atoms with Crippen LogP contribution >= 0.6 is 0 Å². The summed E-state index contributed by atoms with van der Waals surface area (Å²) in [5, 5.41) is 7.82. The van der Waals surface area contributed by atoms with Gasteiger partial charge in [-0.3, -0.25) is 4.98 Å². The zero-order chi connectivity index (χ0) is 18.9.